The molecule has 1 saturated heterocycles. The fourth-order valence-corrected chi connectivity index (χ4v) is 5.15. The maximum atomic E-state index is 14.8. The lowest BCUT2D eigenvalue weighted by molar-refractivity contribution is 0.407. The molecule has 174 valence electrons. The lowest BCUT2D eigenvalue weighted by Crippen LogP contribution is -2.54. The van der Waals surface area contributed by atoms with Crippen molar-refractivity contribution in [3.05, 3.63) is 94.1 Å². The maximum absolute atomic E-state index is 14.8. The molecule has 1 aromatic carbocycles. The van der Waals surface area contributed by atoms with Crippen LogP contribution >= 0.6 is 0 Å². The molecule has 0 bridgehead atoms. The van der Waals surface area contributed by atoms with Gasteiger partial charge in [-0.25, -0.2) is 9.18 Å². The van der Waals surface area contributed by atoms with Crippen LogP contribution in [-0.2, 0) is 0 Å². The first-order valence-corrected chi connectivity index (χ1v) is 12.0. The van der Waals surface area contributed by atoms with E-state index in [0.717, 1.165) is 42.6 Å². The summed E-state index contributed by atoms with van der Waals surface area (Å²) in [5, 5.41) is 4.40. The Labute approximate surface area is 198 Å². The van der Waals surface area contributed by atoms with Crippen LogP contribution in [0.2, 0.25) is 0 Å². The largest absolute Gasteiger partial charge is 0.422 e. The van der Waals surface area contributed by atoms with Crippen LogP contribution in [-0.4, -0.2) is 30.1 Å². The molecular weight excluding hydrogens is 429 g/mol. The number of benzene rings is 1. The Morgan fingerprint density at radius 2 is 1.88 bits per heavy atom. The van der Waals surface area contributed by atoms with Gasteiger partial charge in [-0.15, -0.1) is 0 Å². The van der Waals surface area contributed by atoms with Crippen molar-refractivity contribution in [1.82, 2.24) is 10.2 Å². The molecule has 0 spiro atoms. The van der Waals surface area contributed by atoms with Crippen LogP contribution in [0, 0.1) is 5.92 Å². The Balaban J connectivity index is 1.35. The molecule has 34 heavy (non-hydrogen) atoms. The van der Waals surface area contributed by atoms with E-state index in [1.54, 1.807) is 23.1 Å². The maximum Gasteiger partial charge on any atom is 0.344 e. The van der Waals surface area contributed by atoms with E-state index in [-0.39, 0.29) is 5.83 Å². The SMILES string of the molecule is C[C@@H]1CN(c2ccc3cc(C4=CN5C=C(C6CC6)C=C(F)C5=CC=C4)c(=O)oc3c2)C[C@H](C)N1. The number of rotatable bonds is 3. The van der Waals surface area contributed by atoms with Gasteiger partial charge < -0.3 is 19.5 Å². The summed E-state index contributed by atoms with van der Waals surface area (Å²) in [6.07, 6.45) is 13.0. The van der Waals surface area contributed by atoms with E-state index >= 15 is 0 Å². The fourth-order valence-electron chi connectivity index (χ4n) is 5.15. The number of nitrogens with one attached hydrogen (secondary N) is 1. The molecule has 1 saturated carbocycles. The van der Waals surface area contributed by atoms with Crippen molar-refractivity contribution in [3.63, 3.8) is 0 Å². The Bertz CT molecular complexity index is 1370. The Morgan fingerprint density at radius 3 is 2.65 bits per heavy atom. The first-order chi connectivity index (χ1) is 16.4. The molecule has 1 aromatic heterocycles. The van der Waals surface area contributed by atoms with Crippen molar-refractivity contribution in [2.75, 3.05) is 18.0 Å². The van der Waals surface area contributed by atoms with Crippen molar-refractivity contribution in [2.24, 2.45) is 5.92 Å². The third-order valence-corrected chi connectivity index (χ3v) is 6.91. The summed E-state index contributed by atoms with van der Waals surface area (Å²) in [6, 6.07) is 8.71. The number of allylic oxidation sites excluding steroid dienone is 7. The van der Waals surface area contributed by atoms with Gasteiger partial charge in [-0.1, -0.05) is 12.2 Å². The molecule has 6 heteroatoms. The van der Waals surface area contributed by atoms with Crippen molar-refractivity contribution in [3.8, 4) is 0 Å². The average molecular weight is 458 g/mol. The Kier molecular flexibility index (Phi) is 5.06. The van der Waals surface area contributed by atoms with Crippen molar-refractivity contribution in [2.45, 2.75) is 38.8 Å². The van der Waals surface area contributed by atoms with Crippen LogP contribution in [0.25, 0.3) is 16.5 Å². The van der Waals surface area contributed by atoms with Gasteiger partial charge >= 0.3 is 5.63 Å². The molecule has 4 heterocycles. The predicted octanol–water partition coefficient (Wildman–Crippen LogP) is 5.24. The molecule has 3 aliphatic heterocycles. The summed E-state index contributed by atoms with van der Waals surface area (Å²) in [5.41, 5.74) is 3.87. The number of fused-ring (bicyclic) bond motifs is 2. The van der Waals surface area contributed by atoms with E-state index in [9.17, 15) is 9.18 Å². The third kappa shape index (κ3) is 3.92. The fraction of sp³-hybridized carbons (Fsp3) is 0.321. The van der Waals surface area contributed by atoms with Crippen LogP contribution < -0.4 is 15.8 Å². The van der Waals surface area contributed by atoms with Gasteiger partial charge in [-0.3, -0.25) is 0 Å². The second kappa shape index (κ2) is 8.13. The highest BCUT2D eigenvalue weighted by atomic mass is 19.1. The van der Waals surface area contributed by atoms with Gasteiger partial charge in [-0.2, -0.15) is 0 Å². The van der Waals surface area contributed by atoms with E-state index in [2.05, 4.69) is 30.1 Å². The minimum absolute atomic E-state index is 0.249. The standard InChI is InChI=1S/C28H28FN3O2/c1-17-13-31(14-18(2)30-17)23-9-8-20-10-24(28(33)34-27(20)12-23)21-4-3-5-26-25(29)11-22(19-6-7-19)16-32(26)15-21/h3-5,8-12,15-19,30H,6-7,13-14H2,1-2H3/t17-,18+. The smallest absolute Gasteiger partial charge is 0.344 e. The topological polar surface area (TPSA) is 48.7 Å². The van der Waals surface area contributed by atoms with E-state index in [1.807, 2.05) is 36.7 Å². The van der Waals surface area contributed by atoms with Crippen LogP contribution in [0.3, 0.4) is 0 Å². The summed E-state index contributed by atoms with van der Waals surface area (Å²) < 4.78 is 20.5. The van der Waals surface area contributed by atoms with Gasteiger partial charge in [0, 0.05) is 60.3 Å². The highest BCUT2D eigenvalue weighted by Gasteiger charge is 2.29. The van der Waals surface area contributed by atoms with E-state index in [0.29, 0.717) is 40.4 Å². The van der Waals surface area contributed by atoms with Crippen molar-refractivity contribution < 1.29 is 8.81 Å². The van der Waals surface area contributed by atoms with Crippen molar-refractivity contribution >= 4 is 22.2 Å². The summed E-state index contributed by atoms with van der Waals surface area (Å²) >= 11 is 0. The summed E-state index contributed by atoms with van der Waals surface area (Å²) in [6.45, 7) is 6.17. The summed E-state index contributed by atoms with van der Waals surface area (Å²) in [7, 11) is 0. The lowest BCUT2D eigenvalue weighted by atomic mass is 10.1. The normalized spacial score (nSPS) is 24.8. The summed E-state index contributed by atoms with van der Waals surface area (Å²) in [4.78, 5) is 17.2. The zero-order valence-corrected chi connectivity index (χ0v) is 19.4. The Morgan fingerprint density at radius 1 is 1.09 bits per heavy atom. The van der Waals surface area contributed by atoms with E-state index in [1.165, 1.54) is 0 Å². The number of nitrogens with zero attached hydrogens (tertiary/aromatic N) is 2. The lowest BCUT2D eigenvalue weighted by Gasteiger charge is -2.37. The number of hydrogen-bond acceptors (Lipinski definition) is 5. The number of anilines is 1. The first kappa shape index (κ1) is 21.2. The molecule has 1 N–H and O–H groups in total. The van der Waals surface area contributed by atoms with Gasteiger partial charge in [0.2, 0.25) is 0 Å². The van der Waals surface area contributed by atoms with Crippen LogP contribution in [0.15, 0.2) is 87.3 Å². The van der Waals surface area contributed by atoms with Crippen LogP contribution in [0.5, 0.6) is 0 Å². The quantitative estimate of drug-likeness (QED) is 0.639. The van der Waals surface area contributed by atoms with E-state index in [4.69, 9.17) is 4.42 Å². The second-order valence-corrected chi connectivity index (χ2v) is 9.84. The molecule has 2 atom stereocenters. The van der Waals surface area contributed by atoms with Crippen LogP contribution in [0.1, 0.15) is 32.3 Å². The Hall–Kier alpha value is -3.38. The van der Waals surface area contributed by atoms with Crippen molar-refractivity contribution in [1.29, 1.82) is 0 Å². The predicted molar refractivity (Wildman–Crippen MR) is 134 cm³/mol. The first-order valence-electron chi connectivity index (χ1n) is 12.0. The molecule has 5 nitrogen and oxygen atoms in total. The van der Waals surface area contributed by atoms with Gasteiger partial charge in [0.25, 0.3) is 0 Å². The molecule has 6 rings (SSSR count). The number of piperazine rings is 1. The molecule has 2 aromatic rings. The minimum atomic E-state index is -0.398. The summed E-state index contributed by atoms with van der Waals surface area (Å²) in [5.74, 6) is 0.183. The monoisotopic (exact) mass is 457 g/mol. The second-order valence-electron chi connectivity index (χ2n) is 9.84. The highest BCUT2D eigenvalue weighted by Crippen LogP contribution is 2.41. The van der Waals surface area contributed by atoms with Crippen LogP contribution in [0.4, 0.5) is 10.1 Å². The molecule has 2 fully saturated rings. The minimum Gasteiger partial charge on any atom is -0.422 e. The van der Waals surface area contributed by atoms with Gasteiger partial charge in [0.1, 0.15) is 11.4 Å². The molecule has 0 amide bonds. The zero-order chi connectivity index (χ0) is 23.4. The van der Waals surface area contributed by atoms with Gasteiger partial charge in [0.05, 0.1) is 11.3 Å². The molecule has 0 unspecified atom stereocenters. The number of halogens is 1. The zero-order valence-electron chi connectivity index (χ0n) is 19.4. The number of hydrogen-bond donors (Lipinski definition) is 1. The molecule has 0 radical (unpaired) electrons. The van der Waals surface area contributed by atoms with Gasteiger partial charge in [0.15, 0.2) is 0 Å². The molecular formula is C28H28FN3O2. The van der Waals surface area contributed by atoms with Gasteiger partial charge in [-0.05, 0) is 68.5 Å². The molecule has 1 aliphatic carbocycles. The molecule has 4 aliphatic rings. The van der Waals surface area contributed by atoms with E-state index < -0.39 is 5.63 Å². The average Bonchev–Trinajstić information content (AvgIpc) is 3.64. The highest BCUT2D eigenvalue weighted by molar-refractivity contribution is 5.85. The third-order valence-electron chi connectivity index (χ3n) is 6.91.